The second kappa shape index (κ2) is 7.41. The molecule has 0 bridgehead atoms. The van der Waals surface area contributed by atoms with E-state index in [4.69, 9.17) is 0 Å². The van der Waals surface area contributed by atoms with Crippen LogP contribution >= 0.6 is 11.8 Å². The summed E-state index contributed by atoms with van der Waals surface area (Å²) in [4.78, 5) is 37.3. The van der Waals surface area contributed by atoms with Gasteiger partial charge >= 0.3 is 17.1 Å². The maximum Gasteiger partial charge on any atom is 0.339 e. The normalized spacial score (nSPS) is 13.9. The van der Waals surface area contributed by atoms with E-state index < -0.39 is 22.6 Å². The molecule has 0 spiro atoms. The Labute approximate surface area is 126 Å². The van der Waals surface area contributed by atoms with Gasteiger partial charge < -0.3 is 10.4 Å². The van der Waals surface area contributed by atoms with Crippen molar-refractivity contribution in [2.75, 3.05) is 12.3 Å². The van der Waals surface area contributed by atoms with E-state index in [1.54, 1.807) is 14.0 Å². The van der Waals surface area contributed by atoms with Gasteiger partial charge in [0.2, 0.25) is 0 Å². The number of rotatable bonds is 8. The second-order valence-corrected chi connectivity index (χ2v) is 5.92. The van der Waals surface area contributed by atoms with Gasteiger partial charge in [0.05, 0.1) is 0 Å². The van der Waals surface area contributed by atoms with Gasteiger partial charge in [0.25, 0.3) is 0 Å². The lowest BCUT2D eigenvalue weighted by molar-refractivity contribution is -0.144. The fourth-order valence-electron chi connectivity index (χ4n) is 1.61. The maximum absolute atomic E-state index is 11.3. The van der Waals surface area contributed by atoms with Crippen LogP contribution in [-0.4, -0.2) is 43.7 Å². The number of nitrogens with zero attached hydrogens (tertiary/aromatic N) is 2. The van der Waals surface area contributed by atoms with Crippen LogP contribution in [0.3, 0.4) is 0 Å². The topological polar surface area (TPSA) is 117 Å². The van der Waals surface area contributed by atoms with E-state index >= 15 is 0 Å². The molecule has 1 aromatic rings. The molecule has 0 aromatic carbocycles. The van der Waals surface area contributed by atoms with Crippen LogP contribution in [0.2, 0.25) is 0 Å². The van der Waals surface area contributed by atoms with Crippen molar-refractivity contribution in [2.24, 2.45) is 7.05 Å². The van der Waals surface area contributed by atoms with Crippen LogP contribution in [0.1, 0.15) is 26.7 Å². The molecule has 1 aromatic heterocycles. The molecule has 9 heteroatoms. The van der Waals surface area contributed by atoms with Gasteiger partial charge in [0.1, 0.15) is 5.54 Å². The first kappa shape index (κ1) is 17.4. The molecule has 1 atom stereocenters. The average molecular weight is 316 g/mol. The minimum Gasteiger partial charge on any atom is -0.480 e. The highest BCUT2D eigenvalue weighted by Gasteiger charge is 2.31. The van der Waals surface area contributed by atoms with Gasteiger partial charge in [0.15, 0.2) is 5.16 Å². The average Bonchev–Trinajstić information content (AvgIpc) is 2.42. The van der Waals surface area contributed by atoms with Crippen LogP contribution in [0.4, 0.5) is 0 Å². The molecule has 8 nitrogen and oxygen atoms in total. The zero-order valence-corrected chi connectivity index (χ0v) is 13.1. The van der Waals surface area contributed by atoms with Gasteiger partial charge in [-0.05, 0) is 26.3 Å². The monoisotopic (exact) mass is 316 g/mol. The largest absolute Gasteiger partial charge is 0.480 e. The fourth-order valence-corrected chi connectivity index (χ4v) is 2.69. The van der Waals surface area contributed by atoms with Gasteiger partial charge in [-0.3, -0.25) is 24.2 Å². The lowest BCUT2D eigenvalue weighted by Gasteiger charge is -2.26. The molecule has 0 saturated heterocycles. The van der Waals surface area contributed by atoms with Crippen LogP contribution in [0.25, 0.3) is 0 Å². The summed E-state index contributed by atoms with van der Waals surface area (Å²) in [6, 6.07) is 0. The lowest BCUT2D eigenvalue weighted by Crippen LogP contribution is -2.50. The highest BCUT2D eigenvalue weighted by atomic mass is 32.2. The number of hydrogen-bond acceptors (Lipinski definition) is 6. The second-order valence-electron chi connectivity index (χ2n) is 4.86. The molecule has 1 heterocycles. The summed E-state index contributed by atoms with van der Waals surface area (Å²) in [5.74, 6) is -0.467. The van der Waals surface area contributed by atoms with Crippen LogP contribution in [0.15, 0.2) is 14.7 Å². The Bertz CT molecular complexity index is 612. The Balaban J connectivity index is 2.71. The number of aliphatic carboxylic acids is 1. The van der Waals surface area contributed by atoms with Crippen molar-refractivity contribution in [3.05, 3.63) is 20.7 Å². The molecule has 0 saturated carbocycles. The summed E-state index contributed by atoms with van der Waals surface area (Å²) in [5.41, 5.74) is -2.65. The van der Waals surface area contributed by atoms with Gasteiger partial charge in [-0.1, -0.05) is 18.7 Å². The predicted molar refractivity (Wildman–Crippen MR) is 79.8 cm³/mol. The third-order valence-electron chi connectivity index (χ3n) is 3.02. The minimum absolute atomic E-state index is 0.350. The van der Waals surface area contributed by atoms with E-state index in [2.05, 4.69) is 15.4 Å². The van der Waals surface area contributed by atoms with Crippen LogP contribution < -0.4 is 16.4 Å². The zero-order valence-electron chi connectivity index (χ0n) is 12.3. The molecule has 0 aliphatic carbocycles. The summed E-state index contributed by atoms with van der Waals surface area (Å²) in [5, 5.41) is 15.0. The van der Waals surface area contributed by atoms with E-state index in [0.717, 1.165) is 6.42 Å². The SMILES string of the molecule is CCCNC(C)(CCSc1nc(=O)c(=O)[nH]n1C)C(=O)O. The molecule has 1 unspecified atom stereocenters. The minimum atomic E-state index is -1.02. The van der Waals surface area contributed by atoms with Gasteiger partial charge in [-0.2, -0.15) is 4.98 Å². The maximum atomic E-state index is 11.3. The van der Waals surface area contributed by atoms with E-state index in [9.17, 15) is 19.5 Å². The van der Waals surface area contributed by atoms with E-state index in [-0.39, 0.29) is 0 Å². The highest BCUT2D eigenvalue weighted by Crippen LogP contribution is 2.19. The third kappa shape index (κ3) is 4.71. The number of nitrogens with one attached hydrogen (secondary N) is 2. The van der Waals surface area contributed by atoms with Crippen LogP contribution in [0, 0.1) is 0 Å². The molecule has 0 amide bonds. The number of aryl methyl sites for hydroxylation is 1. The summed E-state index contributed by atoms with van der Waals surface area (Å²) in [6.45, 7) is 4.21. The van der Waals surface area contributed by atoms with E-state index in [1.807, 2.05) is 6.92 Å². The highest BCUT2D eigenvalue weighted by molar-refractivity contribution is 7.99. The predicted octanol–water partition coefficient (Wildman–Crippen LogP) is -0.206. The van der Waals surface area contributed by atoms with Gasteiger partial charge in [-0.15, -0.1) is 0 Å². The van der Waals surface area contributed by atoms with E-state index in [0.29, 0.717) is 23.9 Å². The Morgan fingerprint density at radius 3 is 2.76 bits per heavy atom. The van der Waals surface area contributed by atoms with Crippen molar-refractivity contribution >= 4 is 17.7 Å². The fraction of sp³-hybridized carbons (Fsp3) is 0.667. The van der Waals surface area contributed by atoms with Crippen LogP contribution in [0.5, 0.6) is 0 Å². The Hall–Kier alpha value is -1.61. The molecule has 21 heavy (non-hydrogen) atoms. The van der Waals surface area contributed by atoms with Crippen molar-refractivity contribution in [3.63, 3.8) is 0 Å². The van der Waals surface area contributed by atoms with Crippen LogP contribution in [-0.2, 0) is 11.8 Å². The number of carboxylic acids is 1. The van der Waals surface area contributed by atoms with Crippen molar-refractivity contribution in [1.82, 2.24) is 20.1 Å². The van der Waals surface area contributed by atoms with Gasteiger partial charge in [0, 0.05) is 12.8 Å². The van der Waals surface area contributed by atoms with Gasteiger partial charge in [-0.25, -0.2) is 0 Å². The summed E-state index contributed by atoms with van der Waals surface area (Å²) >= 11 is 1.23. The molecule has 0 radical (unpaired) electrons. The molecule has 1 rings (SSSR count). The number of carbonyl (C=O) groups is 1. The first-order valence-electron chi connectivity index (χ1n) is 6.58. The number of carboxylic acid groups (broad SMARTS) is 1. The third-order valence-corrected chi connectivity index (χ3v) is 4.05. The first-order chi connectivity index (χ1) is 9.80. The molecule has 0 fully saturated rings. The Morgan fingerprint density at radius 2 is 2.19 bits per heavy atom. The first-order valence-corrected chi connectivity index (χ1v) is 7.57. The summed E-state index contributed by atoms with van der Waals surface area (Å²) in [7, 11) is 1.57. The van der Waals surface area contributed by atoms with Crippen molar-refractivity contribution in [3.8, 4) is 0 Å². The number of thioether (sulfide) groups is 1. The number of hydrogen-bond donors (Lipinski definition) is 3. The molecule has 118 valence electrons. The summed E-state index contributed by atoms with van der Waals surface area (Å²) in [6.07, 6.45) is 1.20. The molecular formula is C12H20N4O4S. The smallest absolute Gasteiger partial charge is 0.339 e. The Kier molecular flexibility index (Phi) is 6.16. The number of aromatic nitrogens is 3. The molecule has 3 N–H and O–H groups in total. The quantitative estimate of drug-likeness (QED) is 0.449. The summed E-state index contributed by atoms with van der Waals surface area (Å²) < 4.78 is 1.35. The van der Waals surface area contributed by atoms with E-state index in [1.165, 1.54) is 16.4 Å². The molecule has 0 aliphatic heterocycles. The lowest BCUT2D eigenvalue weighted by atomic mass is 9.99. The standard InChI is InChI=1S/C12H20N4O4S/c1-4-6-13-12(2,10(19)20)5-7-21-11-14-8(17)9(18)15-16(11)3/h13H,4-7H2,1-3H3,(H,15,18)(H,19,20). The van der Waals surface area contributed by atoms with Crippen molar-refractivity contribution in [1.29, 1.82) is 0 Å². The Morgan fingerprint density at radius 1 is 1.52 bits per heavy atom. The number of H-pyrrole nitrogens is 1. The molecular weight excluding hydrogens is 296 g/mol. The number of aromatic amines is 1. The zero-order chi connectivity index (χ0) is 16.0. The molecule has 0 aliphatic rings. The van der Waals surface area contributed by atoms with Crippen molar-refractivity contribution in [2.45, 2.75) is 37.4 Å². The van der Waals surface area contributed by atoms with Crippen molar-refractivity contribution < 1.29 is 9.90 Å².